The second-order valence-corrected chi connectivity index (χ2v) is 8.45. The van der Waals surface area contributed by atoms with Gasteiger partial charge in [0.15, 0.2) is 0 Å². The molecule has 2 aliphatic rings. The first-order chi connectivity index (χ1) is 13.0. The van der Waals surface area contributed by atoms with Gasteiger partial charge in [-0.15, -0.1) is 0 Å². The van der Waals surface area contributed by atoms with Crippen LogP contribution in [-0.2, 0) is 10.8 Å². The highest BCUT2D eigenvalue weighted by atomic mass is 16.6. The minimum Gasteiger partial charge on any atom is -0.384 e. The van der Waals surface area contributed by atoms with Crippen molar-refractivity contribution in [2.24, 2.45) is 0 Å². The molecule has 0 aromatic heterocycles. The number of nitrogens with one attached hydrogen (secondary N) is 2. The normalized spacial score (nSPS) is 17.3. The fourth-order valence-electron chi connectivity index (χ4n) is 3.59. The van der Waals surface area contributed by atoms with Crippen molar-refractivity contribution < 1.29 is 9.85 Å². The fourth-order valence-corrected chi connectivity index (χ4v) is 3.59. The third kappa shape index (κ3) is 3.62. The van der Waals surface area contributed by atoms with Gasteiger partial charge in [-0.25, -0.2) is 0 Å². The van der Waals surface area contributed by atoms with Crippen LogP contribution in [0, 0.1) is 20.2 Å². The van der Waals surface area contributed by atoms with Gasteiger partial charge in [0, 0.05) is 59.6 Å². The predicted molar refractivity (Wildman–Crippen MR) is 109 cm³/mol. The second-order valence-electron chi connectivity index (χ2n) is 8.45. The highest BCUT2D eigenvalue weighted by Gasteiger charge is 2.31. The first kappa shape index (κ1) is 19.6. The summed E-state index contributed by atoms with van der Waals surface area (Å²) in [6.45, 7) is 10.2. The van der Waals surface area contributed by atoms with Gasteiger partial charge in [0.1, 0.15) is 0 Å². The van der Waals surface area contributed by atoms with Crippen LogP contribution in [0.3, 0.4) is 0 Å². The Balaban J connectivity index is 0.000000161. The van der Waals surface area contributed by atoms with E-state index in [-0.39, 0.29) is 32.1 Å². The molecule has 0 saturated heterocycles. The Hall–Kier alpha value is -3.16. The van der Waals surface area contributed by atoms with E-state index >= 15 is 0 Å². The zero-order valence-corrected chi connectivity index (χ0v) is 16.4. The van der Waals surface area contributed by atoms with Crippen molar-refractivity contribution in [1.29, 1.82) is 0 Å². The van der Waals surface area contributed by atoms with Gasteiger partial charge in [-0.1, -0.05) is 27.7 Å². The molecule has 0 unspecified atom stereocenters. The maximum absolute atomic E-state index is 10.5. The maximum atomic E-state index is 10.5. The van der Waals surface area contributed by atoms with E-state index in [1.165, 1.54) is 0 Å². The largest absolute Gasteiger partial charge is 0.384 e. The van der Waals surface area contributed by atoms with Crippen LogP contribution in [-0.4, -0.2) is 22.9 Å². The van der Waals surface area contributed by atoms with Crippen molar-refractivity contribution in [1.82, 2.24) is 0 Å². The summed E-state index contributed by atoms with van der Waals surface area (Å²) in [6.07, 6.45) is 0. The van der Waals surface area contributed by atoms with E-state index in [2.05, 4.69) is 38.3 Å². The predicted octanol–water partition coefficient (Wildman–Crippen LogP) is 4.60. The van der Waals surface area contributed by atoms with Gasteiger partial charge < -0.3 is 10.6 Å². The molecule has 4 rings (SSSR count). The zero-order chi connectivity index (χ0) is 20.7. The molecule has 0 amide bonds. The lowest BCUT2D eigenvalue weighted by Crippen LogP contribution is -2.18. The highest BCUT2D eigenvalue weighted by molar-refractivity contribution is 5.64. The summed E-state index contributed by atoms with van der Waals surface area (Å²) in [6, 6.07) is 10.0. The summed E-state index contributed by atoms with van der Waals surface area (Å²) >= 11 is 0. The number of fused-ring (bicyclic) bond motifs is 2. The third-order valence-electron chi connectivity index (χ3n) is 5.33. The minimum atomic E-state index is -0.368. The zero-order valence-electron chi connectivity index (χ0n) is 16.4. The smallest absolute Gasteiger partial charge is 0.271 e. The number of hydrogen-bond acceptors (Lipinski definition) is 6. The van der Waals surface area contributed by atoms with Crippen LogP contribution in [0.25, 0.3) is 0 Å². The van der Waals surface area contributed by atoms with Gasteiger partial charge in [-0.3, -0.25) is 20.2 Å². The summed E-state index contributed by atoms with van der Waals surface area (Å²) in [5.74, 6) is 0. The van der Waals surface area contributed by atoms with Crippen molar-refractivity contribution >= 4 is 22.7 Å². The average Bonchev–Trinajstić information content (AvgIpc) is 3.11. The van der Waals surface area contributed by atoms with Crippen molar-refractivity contribution in [2.45, 2.75) is 38.5 Å². The van der Waals surface area contributed by atoms with E-state index in [1.54, 1.807) is 24.3 Å². The minimum absolute atomic E-state index is 0.0739. The number of anilines is 2. The van der Waals surface area contributed by atoms with Gasteiger partial charge in [0.2, 0.25) is 0 Å². The molecule has 0 atom stereocenters. The molecule has 0 fully saturated rings. The first-order valence-electron chi connectivity index (χ1n) is 9.07. The van der Waals surface area contributed by atoms with E-state index in [1.807, 2.05) is 12.1 Å². The number of rotatable bonds is 2. The molecule has 0 saturated carbocycles. The van der Waals surface area contributed by atoms with Gasteiger partial charge in [-0.05, 0) is 23.3 Å². The van der Waals surface area contributed by atoms with E-state index in [0.717, 1.165) is 35.6 Å². The van der Waals surface area contributed by atoms with E-state index in [0.29, 0.717) is 0 Å². The second kappa shape index (κ2) is 6.78. The van der Waals surface area contributed by atoms with Gasteiger partial charge in [0.25, 0.3) is 11.4 Å². The average molecular weight is 384 g/mol. The van der Waals surface area contributed by atoms with Crippen LogP contribution < -0.4 is 10.6 Å². The Morgan fingerprint density at radius 3 is 1.43 bits per heavy atom. The highest BCUT2D eigenvalue weighted by Crippen LogP contribution is 2.38. The Morgan fingerprint density at radius 2 is 1.11 bits per heavy atom. The molecule has 2 aliphatic heterocycles. The van der Waals surface area contributed by atoms with Gasteiger partial charge >= 0.3 is 0 Å². The van der Waals surface area contributed by atoms with Crippen LogP contribution in [0.5, 0.6) is 0 Å². The van der Waals surface area contributed by atoms with E-state index in [9.17, 15) is 20.2 Å². The van der Waals surface area contributed by atoms with E-state index < -0.39 is 0 Å². The molecule has 148 valence electrons. The molecule has 0 radical (unpaired) electrons. The van der Waals surface area contributed by atoms with E-state index in [4.69, 9.17) is 0 Å². The summed E-state index contributed by atoms with van der Waals surface area (Å²) in [5, 5.41) is 27.4. The molecule has 8 heteroatoms. The molecule has 0 bridgehead atoms. The Kier molecular flexibility index (Phi) is 4.74. The summed E-state index contributed by atoms with van der Waals surface area (Å²) < 4.78 is 0. The number of benzene rings is 2. The number of nitrogens with zero attached hydrogens (tertiary/aromatic N) is 2. The summed E-state index contributed by atoms with van der Waals surface area (Å²) in [5.41, 5.74) is 4.54. The molecular formula is C20H24N4O4. The molecule has 8 nitrogen and oxygen atoms in total. The van der Waals surface area contributed by atoms with Crippen molar-refractivity contribution in [3.05, 3.63) is 67.8 Å². The molecule has 2 heterocycles. The number of non-ortho nitro benzene ring substituents is 2. The summed E-state index contributed by atoms with van der Waals surface area (Å²) in [7, 11) is 0. The lowest BCUT2D eigenvalue weighted by atomic mass is 9.87. The van der Waals surface area contributed by atoms with Crippen LogP contribution in [0.1, 0.15) is 38.8 Å². The quantitative estimate of drug-likeness (QED) is 0.578. The first-order valence-corrected chi connectivity index (χ1v) is 9.07. The molecule has 2 N–H and O–H groups in total. The van der Waals surface area contributed by atoms with Crippen LogP contribution >= 0.6 is 0 Å². The third-order valence-corrected chi connectivity index (χ3v) is 5.33. The maximum Gasteiger partial charge on any atom is 0.271 e. The number of nitro benzene ring substituents is 2. The van der Waals surface area contributed by atoms with Crippen LogP contribution in [0.4, 0.5) is 22.7 Å². The molecule has 28 heavy (non-hydrogen) atoms. The Bertz CT molecular complexity index is 876. The monoisotopic (exact) mass is 384 g/mol. The lowest BCUT2D eigenvalue weighted by molar-refractivity contribution is -0.385. The van der Waals surface area contributed by atoms with Crippen molar-refractivity contribution in [3.63, 3.8) is 0 Å². The van der Waals surface area contributed by atoms with Crippen LogP contribution in [0.2, 0.25) is 0 Å². The van der Waals surface area contributed by atoms with Gasteiger partial charge in [-0.2, -0.15) is 0 Å². The Morgan fingerprint density at radius 1 is 0.750 bits per heavy atom. The molecule has 2 aromatic rings. The topological polar surface area (TPSA) is 110 Å². The van der Waals surface area contributed by atoms with Crippen molar-refractivity contribution in [3.8, 4) is 0 Å². The molecule has 0 aliphatic carbocycles. The van der Waals surface area contributed by atoms with Gasteiger partial charge in [0.05, 0.1) is 9.85 Å². The summed E-state index contributed by atoms with van der Waals surface area (Å²) in [4.78, 5) is 20.3. The van der Waals surface area contributed by atoms with Crippen molar-refractivity contribution in [2.75, 3.05) is 23.7 Å². The van der Waals surface area contributed by atoms with Crippen LogP contribution in [0.15, 0.2) is 36.4 Å². The standard InChI is InChI=1S/2C10H12N2O2/c2*1-10(2)6-11-9-5-7(12(13)14)3-4-8(9)10/h2*3-5,11H,6H2,1-2H3. The molecule has 2 aromatic carbocycles. The SMILES string of the molecule is CC1(C)CNc2cc([N+](=O)[O-])ccc21.CC1(C)CNc2cc([N+](=O)[O-])ccc21. The molecule has 0 spiro atoms. The fraction of sp³-hybridized carbons (Fsp3) is 0.400. The molecular weight excluding hydrogens is 360 g/mol. The number of hydrogen-bond donors (Lipinski definition) is 2. The lowest BCUT2D eigenvalue weighted by Gasteiger charge is -2.16. The Labute approximate surface area is 163 Å². The number of nitro groups is 2.